The molecule has 1 aromatic carbocycles. The SMILES string of the molecule is CCC(F)(F)c1ccc(CC=C2CCC2)cc1.CN. The number of nitrogens with two attached hydrogens (primary N) is 1. The Kier molecular flexibility index (Phi) is 6.16. The molecule has 0 unspecified atom stereocenters. The van der Waals surface area contributed by atoms with E-state index in [4.69, 9.17) is 0 Å². The molecule has 106 valence electrons. The number of alkyl halides is 2. The lowest BCUT2D eigenvalue weighted by Crippen LogP contribution is -2.11. The van der Waals surface area contributed by atoms with E-state index in [1.54, 1.807) is 12.1 Å². The highest BCUT2D eigenvalue weighted by Crippen LogP contribution is 2.31. The maximum absolute atomic E-state index is 13.4. The Hall–Kier alpha value is -1.22. The molecule has 1 saturated carbocycles. The summed E-state index contributed by atoms with van der Waals surface area (Å²) in [5.74, 6) is -2.69. The van der Waals surface area contributed by atoms with Gasteiger partial charge in [0.15, 0.2) is 0 Å². The van der Waals surface area contributed by atoms with Gasteiger partial charge in [-0.15, -0.1) is 0 Å². The molecular formula is C16H23F2N. The minimum Gasteiger partial charge on any atom is -0.333 e. The standard InChI is InChI=1S/C15H18F2.CH5N/c1-2-15(16,17)14-10-8-13(9-11-14)7-6-12-4-3-5-12;1-2/h6,8-11H,2-5,7H2,1H3;2H2,1H3. The number of rotatable bonds is 4. The van der Waals surface area contributed by atoms with Crippen LogP contribution in [0.5, 0.6) is 0 Å². The summed E-state index contributed by atoms with van der Waals surface area (Å²) in [6.07, 6.45) is 6.69. The van der Waals surface area contributed by atoms with Gasteiger partial charge in [-0.2, -0.15) is 0 Å². The van der Waals surface area contributed by atoms with E-state index in [1.807, 2.05) is 12.1 Å². The monoisotopic (exact) mass is 267 g/mol. The molecule has 2 rings (SSSR count). The predicted molar refractivity (Wildman–Crippen MR) is 76.4 cm³/mol. The first-order chi connectivity index (χ1) is 9.12. The lowest BCUT2D eigenvalue weighted by Gasteiger charge is -2.16. The van der Waals surface area contributed by atoms with Gasteiger partial charge < -0.3 is 5.73 Å². The van der Waals surface area contributed by atoms with E-state index in [0.29, 0.717) is 0 Å². The smallest absolute Gasteiger partial charge is 0.273 e. The molecule has 0 radical (unpaired) electrons. The number of allylic oxidation sites excluding steroid dienone is 2. The Bertz CT molecular complexity index is 401. The minimum absolute atomic E-state index is 0.125. The van der Waals surface area contributed by atoms with Crippen molar-refractivity contribution in [3.63, 3.8) is 0 Å². The van der Waals surface area contributed by atoms with E-state index in [2.05, 4.69) is 11.8 Å². The van der Waals surface area contributed by atoms with Crippen molar-refractivity contribution in [2.45, 2.75) is 45.0 Å². The van der Waals surface area contributed by atoms with Crippen molar-refractivity contribution in [3.8, 4) is 0 Å². The number of benzene rings is 1. The molecule has 0 atom stereocenters. The minimum atomic E-state index is -2.69. The lowest BCUT2D eigenvalue weighted by molar-refractivity contribution is -0.00829. The van der Waals surface area contributed by atoms with Crippen LogP contribution in [0, 0.1) is 0 Å². The van der Waals surface area contributed by atoms with Gasteiger partial charge in [-0.1, -0.05) is 42.8 Å². The van der Waals surface area contributed by atoms with Crippen LogP contribution in [-0.4, -0.2) is 7.05 Å². The molecule has 1 aliphatic rings. The molecule has 0 amide bonds. The molecule has 3 heteroatoms. The van der Waals surface area contributed by atoms with Gasteiger partial charge >= 0.3 is 0 Å². The van der Waals surface area contributed by atoms with Gasteiger partial charge in [0.1, 0.15) is 0 Å². The van der Waals surface area contributed by atoms with Crippen LogP contribution in [0.2, 0.25) is 0 Å². The topological polar surface area (TPSA) is 26.0 Å². The highest BCUT2D eigenvalue weighted by Gasteiger charge is 2.28. The van der Waals surface area contributed by atoms with Gasteiger partial charge in [-0.05, 0) is 38.3 Å². The van der Waals surface area contributed by atoms with Crippen molar-refractivity contribution < 1.29 is 8.78 Å². The Labute approximate surface area is 114 Å². The molecule has 2 N–H and O–H groups in total. The van der Waals surface area contributed by atoms with Crippen LogP contribution in [0.4, 0.5) is 8.78 Å². The number of hydrogen-bond donors (Lipinski definition) is 1. The second-order valence-electron chi connectivity index (χ2n) is 4.67. The first-order valence-electron chi connectivity index (χ1n) is 6.84. The summed E-state index contributed by atoms with van der Waals surface area (Å²) < 4.78 is 26.8. The van der Waals surface area contributed by atoms with E-state index < -0.39 is 5.92 Å². The maximum atomic E-state index is 13.4. The van der Waals surface area contributed by atoms with Crippen LogP contribution in [0.15, 0.2) is 35.9 Å². The molecular weight excluding hydrogens is 244 g/mol. The van der Waals surface area contributed by atoms with Crippen molar-refractivity contribution in [2.75, 3.05) is 7.05 Å². The summed E-state index contributed by atoms with van der Waals surface area (Å²) in [5.41, 5.74) is 7.24. The quantitative estimate of drug-likeness (QED) is 0.803. The fourth-order valence-electron chi connectivity index (χ4n) is 1.94. The Morgan fingerprint density at radius 3 is 2.16 bits per heavy atom. The van der Waals surface area contributed by atoms with Crippen LogP contribution in [0.1, 0.15) is 43.7 Å². The van der Waals surface area contributed by atoms with Gasteiger partial charge in [0, 0.05) is 12.0 Å². The average Bonchev–Trinajstić information content (AvgIpc) is 2.40. The normalized spacial score (nSPS) is 14.3. The van der Waals surface area contributed by atoms with E-state index in [1.165, 1.54) is 38.8 Å². The third kappa shape index (κ3) is 4.43. The second kappa shape index (κ2) is 7.39. The Morgan fingerprint density at radius 2 is 1.74 bits per heavy atom. The third-order valence-electron chi connectivity index (χ3n) is 3.44. The second-order valence-corrected chi connectivity index (χ2v) is 4.67. The van der Waals surface area contributed by atoms with Crippen LogP contribution in [0.3, 0.4) is 0 Å². The maximum Gasteiger partial charge on any atom is 0.273 e. The van der Waals surface area contributed by atoms with Gasteiger partial charge in [0.2, 0.25) is 0 Å². The van der Waals surface area contributed by atoms with Gasteiger partial charge in [-0.3, -0.25) is 0 Å². The van der Waals surface area contributed by atoms with Crippen molar-refractivity contribution in [3.05, 3.63) is 47.0 Å². The summed E-state index contributed by atoms with van der Waals surface area (Å²) in [6, 6.07) is 6.74. The zero-order valence-corrected chi connectivity index (χ0v) is 11.8. The largest absolute Gasteiger partial charge is 0.333 e. The summed E-state index contributed by atoms with van der Waals surface area (Å²) in [6.45, 7) is 1.51. The highest BCUT2D eigenvalue weighted by atomic mass is 19.3. The molecule has 1 fully saturated rings. The van der Waals surface area contributed by atoms with E-state index in [-0.39, 0.29) is 12.0 Å². The van der Waals surface area contributed by atoms with Gasteiger partial charge in [-0.25, -0.2) is 8.78 Å². The Morgan fingerprint density at radius 1 is 1.16 bits per heavy atom. The van der Waals surface area contributed by atoms with Crippen LogP contribution < -0.4 is 5.73 Å². The molecule has 1 aromatic rings. The van der Waals surface area contributed by atoms with E-state index >= 15 is 0 Å². The van der Waals surface area contributed by atoms with Crippen LogP contribution in [0.25, 0.3) is 0 Å². The number of hydrogen-bond acceptors (Lipinski definition) is 1. The van der Waals surface area contributed by atoms with Crippen molar-refractivity contribution in [2.24, 2.45) is 5.73 Å². The third-order valence-corrected chi connectivity index (χ3v) is 3.44. The van der Waals surface area contributed by atoms with Gasteiger partial charge in [0.05, 0.1) is 0 Å². The van der Waals surface area contributed by atoms with E-state index in [9.17, 15) is 8.78 Å². The van der Waals surface area contributed by atoms with Crippen LogP contribution in [-0.2, 0) is 12.3 Å². The predicted octanol–water partition coefficient (Wildman–Crippen LogP) is 4.42. The molecule has 0 saturated heterocycles. The van der Waals surface area contributed by atoms with E-state index in [0.717, 1.165) is 12.0 Å². The molecule has 0 spiro atoms. The first kappa shape index (κ1) is 15.8. The molecule has 0 bridgehead atoms. The summed E-state index contributed by atoms with van der Waals surface area (Å²) in [5, 5.41) is 0. The zero-order chi connectivity index (χ0) is 14.3. The highest BCUT2D eigenvalue weighted by molar-refractivity contribution is 5.28. The summed E-state index contributed by atoms with van der Waals surface area (Å²) >= 11 is 0. The van der Waals surface area contributed by atoms with Gasteiger partial charge in [0.25, 0.3) is 5.92 Å². The first-order valence-corrected chi connectivity index (χ1v) is 6.84. The summed E-state index contributed by atoms with van der Waals surface area (Å²) in [7, 11) is 1.50. The van der Waals surface area contributed by atoms with Crippen LogP contribution >= 0.6 is 0 Å². The molecule has 0 aliphatic heterocycles. The molecule has 0 aromatic heterocycles. The molecule has 1 aliphatic carbocycles. The van der Waals surface area contributed by atoms with Crippen molar-refractivity contribution in [1.29, 1.82) is 0 Å². The van der Waals surface area contributed by atoms with Crippen molar-refractivity contribution >= 4 is 0 Å². The fourth-order valence-corrected chi connectivity index (χ4v) is 1.94. The average molecular weight is 267 g/mol. The summed E-state index contributed by atoms with van der Waals surface area (Å²) in [4.78, 5) is 0. The molecule has 1 nitrogen and oxygen atoms in total. The van der Waals surface area contributed by atoms with Crippen molar-refractivity contribution in [1.82, 2.24) is 0 Å². The molecule has 19 heavy (non-hydrogen) atoms. The fraction of sp³-hybridized carbons (Fsp3) is 0.500. The zero-order valence-electron chi connectivity index (χ0n) is 11.8. The molecule has 0 heterocycles. The lowest BCUT2D eigenvalue weighted by atomic mass is 9.91. The Balaban J connectivity index is 0.000000861. The number of halogens is 2.